The Balaban J connectivity index is 2.16. The van der Waals surface area contributed by atoms with Crippen LogP contribution in [0.2, 0.25) is 0 Å². The van der Waals surface area contributed by atoms with E-state index in [9.17, 15) is 0 Å². The van der Waals surface area contributed by atoms with Crippen LogP contribution in [0, 0.1) is 0 Å². The molecule has 1 unspecified atom stereocenters. The second-order valence-corrected chi connectivity index (χ2v) is 4.11. The Hall–Kier alpha value is -0.0500. The Bertz CT molecular complexity index is 170. The van der Waals surface area contributed by atoms with E-state index in [-0.39, 0.29) is 0 Å². The second kappa shape index (κ2) is 5.63. The van der Waals surface area contributed by atoms with Crippen molar-refractivity contribution in [2.75, 3.05) is 26.2 Å². The molecule has 1 fully saturated rings. The van der Waals surface area contributed by atoms with Crippen LogP contribution in [0.25, 0.3) is 0 Å². The van der Waals surface area contributed by atoms with Gasteiger partial charge in [0.15, 0.2) is 0 Å². The summed E-state index contributed by atoms with van der Waals surface area (Å²) >= 11 is 5.66. The third-order valence-corrected chi connectivity index (χ3v) is 2.74. The van der Waals surface area contributed by atoms with E-state index in [4.69, 9.17) is 11.6 Å². The Labute approximate surface area is 85.9 Å². The van der Waals surface area contributed by atoms with Crippen molar-refractivity contribution in [3.05, 3.63) is 11.6 Å². The highest BCUT2D eigenvalue weighted by atomic mass is 35.5. The fourth-order valence-electron chi connectivity index (χ4n) is 1.92. The molecule has 1 atom stereocenters. The van der Waals surface area contributed by atoms with Crippen molar-refractivity contribution in [1.29, 1.82) is 0 Å². The Morgan fingerprint density at radius 3 is 3.08 bits per heavy atom. The number of halogens is 1. The van der Waals surface area contributed by atoms with Crippen molar-refractivity contribution in [2.45, 2.75) is 25.8 Å². The first kappa shape index (κ1) is 11.0. The molecule has 3 heteroatoms. The van der Waals surface area contributed by atoms with Gasteiger partial charge in [-0.05, 0) is 25.9 Å². The van der Waals surface area contributed by atoms with Crippen LogP contribution in [0.3, 0.4) is 0 Å². The van der Waals surface area contributed by atoms with Crippen molar-refractivity contribution < 1.29 is 0 Å². The number of likely N-dealkylation sites (N-methyl/N-ethyl adjacent to an activating group) is 1. The molecule has 0 aromatic heterocycles. The molecule has 2 nitrogen and oxygen atoms in total. The maximum Gasteiger partial charge on any atom is 0.0308 e. The molecular weight excluding hydrogens is 184 g/mol. The molecule has 1 N–H and O–H groups in total. The lowest BCUT2D eigenvalue weighted by Gasteiger charge is -2.22. The minimum absolute atomic E-state index is 0.695. The summed E-state index contributed by atoms with van der Waals surface area (Å²) in [6.07, 6.45) is 2.65. The van der Waals surface area contributed by atoms with E-state index in [2.05, 4.69) is 23.7 Å². The highest BCUT2D eigenvalue weighted by Crippen LogP contribution is 2.15. The topological polar surface area (TPSA) is 15.3 Å². The first-order chi connectivity index (χ1) is 6.24. The summed E-state index contributed by atoms with van der Waals surface area (Å²) in [6.45, 7) is 10.1. The molecule has 0 aromatic carbocycles. The summed E-state index contributed by atoms with van der Waals surface area (Å²) in [5.74, 6) is 0. The fourth-order valence-corrected chi connectivity index (χ4v) is 2.01. The lowest BCUT2D eigenvalue weighted by atomic mass is 10.2. The predicted molar refractivity (Wildman–Crippen MR) is 58.1 cm³/mol. The largest absolute Gasteiger partial charge is 0.310 e. The van der Waals surface area contributed by atoms with Crippen LogP contribution in [-0.2, 0) is 0 Å². The van der Waals surface area contributed by atoms with Crippen LogP contribution < -0.4 is 5.32 Å². The fraction of sp³-hybridized carbons (Fsp3) is 0.800. The third kappa shape index (κ3) is 3.67. The molecule has 1 heterocycles. The van der Waals surface area contributed by atoms with Crippen molar-refractivity contribution in [1.82, 2.24) is 10.2 Å². The summed E-state index contributed by atoms with van der Waals surface area (Å²) in [4.78, 5) is 2.52. The lowest BCUT2D eigenvalue weighted by Crippen LogP contribution is -2.38. The molecule has 1 saturated heterocycles. The van der Waals surface area contributed by atoms with Crippen molar-refractivity contribution in [3.8, 4) is 0 Å². The monoisotopic (exact) mass is 202 g/mol. The molecule has 76 valence electrons. The van der Waals surface area contributed by atoms with E-state index in [0.717, 1.165) is 19.6 Å². The molecule has 0 spiro atoms. The first-order valence-electron chi connectivity index (χ1n) is 5.02. The molecular formula is C10H19ClN2. The van der Waals surface area contributed by atoms with Crippen LogP contribution in [0.15, 0.2) is 11.6 Å². The average Bonchev–Trinajstić information content (AvgIpc) is 2.51. The standard InChI is InChI=1S/C10H19ClN2/c1-3-13-6-4-5-10(13)8-12-7-9(2)11/h10,12H,2-8H2,1H3. The zero-order valence-corrected chi connectivity index (χ0v) is 9.11. The molecule has 1 aliphatic heterocycles. The molecule has 0 aromatic rings. The van der Waals surface area contributed by atoms with Crippen LogP contribution in [0.1, 0.15) is 19.8 Å². The summed E-state index contributed by atoms with van der Waals surface area (Å²) < 4.78 is 0. The number of rotatable bonds is 5. The van der Waals surface area contributed by atoms with Gasteiger partial charge in [-0.25, -0.2) is 0 Å². The second-order valence-electron chi connectivity index (χ2n) is 3.57. The van der Waals surface area contributed by atoms with Gasteiger partial charge in [0.25, 0.3) is 0 Å². The Kier molecular flexibility index (Phi) is 4.78. The molecule has 0 bridgehead atoms. The van der Waals surface area contributed by atoms with Gasteiger partial charge in [0, 0.05) is 24.2 Å². The quantitative estimate of drug-likeness (QED) is 0.732. The summed E-state index contributed by atoms with van der Waals surface area (Å²) in [7, 11) is 0. The number of likely N-dealkylation sites (tertiary alicyclic amines) is 1. The Morgan fingerprint density at radius 1 is 1.69 bits per heavy atom. The van der Waals surface area contributed by atoms with Crippen molar-refractivity contribution >= 4 is 11.6 Å². The summed E-state index contributed by atoms with van der Waals surface area (Å²) in [6, 6.07) is 0.709. The summed E-state index contributed by atoms with van der Waals surface area (Å²) in [5, 5.41) is 4.01. The molecule has 0 radical (unpaired) electrons. The number of hydrogen-bond donors (Lipinski definition) is 1. The van der Waals surface area contributed by atoms with Crippen LogP contribution in [0.4, 0.5) is 0 Å². The molecule has 13 heavy (non-hydrogen) atoms. The summed E-state index contributed by atoms with van der Waals surface area (Å²) in [5.41, 5.74) is 0. The zero-order valence-electron chi connectivity index (χ0n) is 8.35. The number of nitrogens with one attached hydrogen (secondary N) is 1. The normalized spacial score (nSPS) is 23.7. The zero-order chi connectivity index (χ0) is 9.68. The van der Waals surface area contributed by atoms with Gasteiger partial charge in [0.05, 0.1) is 0 Å². The van der Waals surface area contributed by atoms with Gasteiger partial charge in [-0.3, -0.25) is 4.90 Å². The van der Waals surface area contributed by atoms with E-state index >= 15 is 0 Å². The van der Waals surface area contributed by atoms with Gasteiger partial charge in [-0.2, -0.15) is 0 Å². The molecule has 1 aliphatic rings. The van der Waals surface area contributed by atoms with Crippen molar-refractivity contribution in [3.63, 3.8) is 0 Å². The SMILES string of the molecule is C=C(Cl)CNCC1CCCN1CC. The molecule has 1 rings (SSSR count). The number of nitrogens with zero attached hydrogens (tertiary/aromatic N) is 1. The molecule has 0 aliphatic carbocycles. The van der Waals surface area contributed by atoms with Gasteiger partial charge in [-0.15, -0.1) is 0 Å². The van der Waals surface area contributed by atoms with Crippen LogP contribution in [0.5, 0.6) is 0 Å². The van der Waals surface area contributed by atoms with Crippen LogP contribution >= 0.6 is 11.6 Å². The van der Waals surface area contributed by atoms with Gasteiger partial charge in [0.2, 0.25) is 0 Å². The minimum Gasteiger partial charge on any atom is -0.310 e. The maximum atomic E-state index is 5.66. The average molecular weight is 203 g/mol. The minimum atomic E-state index is 0.695. The van der Waals surface area contributed by atoms with Gasteiger partial charge in [0.1, 0.15) is 0 Å². The van der Waals surface area contributed by atoms with Gasteiger partial charge in [-0.1, -0.05) is 25.1 Å². The van der Waals surface area contributed by atoms with Crippen LogP contribution in [-0.4, -0.2) is 37.1 Å². The van der Waals surface area contributed by atoms with E-state index in [0.29, 0.717) is 11.1 Å². The first-order valence-corrected chi connectivity index (χ1v) is 5.40. The third-order valence-electron chi connectivity index (χ3n) is 2.60. The highest BCUT2D eigenvalue weighted by Gasteiger charge is 2.21. The maximum absolute atomic E-state index is 5.66. The molecule has 0 amide bonds. The molecule has 0 saturated carbocycles. The van der Waals surface area contributed by atoms with E-state index < -0.39 is 0 Å². The van der Waals surface area contributed by atoms with Gasteiger partial charge < -0.3 is 5.32 Å². The van der Waals surface area contributed by atoms with E-state index in [1.54, 1.807) is 0 Å². The van der Waals surface area contributed by atoms with E-state index in [1.165, 1.54) is 19.4 Å². The van der Waals surface area contributed by atoms with Gasteiger partial charge >= 0.3 is 0 Å². The van der Waals surface area contributed by atoms with E-state index in [1.807, 2.05) is 0 Å². The predicted octanol–water partition coefficient (Wildman–Crippen LogP) is 1.81. The van der Waals surface area contributed by atoms with Crippen molar-refractivity contribution in [2.24, 2.45) is 0 Å². The lowest BCUT2D eigenvalue weighted by molar-refractivity contribution is 0.262. The smallest absolute Gasteiger partial charge is 0.0308 e. The highest BCUT2D eigenvalue weighted by molar-refractivity contribution is 6.29. The Morgan fingerprint density at radius 2 is 2.46 bits per heavy atom. The number of hydrogen-bond acceptors (Lipinski definition) is 2.